The summed E-state index contributed by atoms with van der Waals surface area (Å²) < 4.78 is 7.49. The van der Waals surface area contributed by atoms with Gasteiger partial charge in [0.1, 0.15) is 5.75 Å². The Labute approximate surface area is 94.3 Å². The minimum absolute atomic E-state index is 0.906. The maximum atomic E-state index is 5.25. The maximum absolute atomic E-state index is 5.25. The summed E-state index contributed by atoms with van der Waals surface area (Å²) in [5, 5.41) is 1.14. The highest BCUT2D eigenvalue weighted by Gasteiger charge is 2.07. The van der Waals surface area contributed by atoms with E-state index in [1.165, 1.54) is 0 Å². The van der Waals surface area contributed by atoms with Crippen LogP contribution >= 0.6 is 39.9 Å². The molecule has 0 saturated heterocycles. The van der Waals surface area contributed by atoms with Crippen LogP contribution in [0, 0.1) is 0 Å². The maximum Gasteiger partial charge on any atom is 0.136 e. The summed E-state index contributed by atoms with van der Waals surface area (Å²) >= 11 is 9.49. The first-order chi connectivity index (χ1) is 6.22. The van der Waals surface area contributed by atoms with E-state index in [2.05, 4.69) is 34.6 Å². The predicted octanol–water partition coefficient (Wildman–Crippen LogP) is 3.96. The molecule has 0 aliphatic carbocycles. The quantitative estimate of drug-likeness (QED) is 0.775. The van der Waals surface area contributed by atoms with Crippen molar-refractivity contribution in [1.82, 2.24) is 0 Å². The zero-order valence-electron chi connectivity index (χ0n) is 6.87. The molecular formula is C9H7BrOS2. The molecule has 1 aromatic carbocycles. The van der Waals surface area contributed by atoms with Crippen molar-refractivity contribution in [1.29, 1.82) is 0 Å². The molecule has 0 aliphatic heterocycles. The molecule has 2 rings (SSSR count). The van der Waals surface area contributed by atoms with E-state index in [1.54, 1.807) is 18.4 Å². The van der Waals surface area contributed by atoms with E-state index >= 15 is 0 Å². The molecule has 1 aromatic heterocycles. The Balaban J connectivity index is 2.83. The first kappa shape index (κ1) is 9.37. The molecule has 2 aromatic rings. The normalized spacial score (nSPS) is 10.7. The molecule has 68 valence electrons. The van der Waals surface area contributed by atoms with Crippen LogP contribution in [0.25, 0.3) is 10.1 Å². The SMILES string of the molecule is COc1ccc(S)c2cc(Br)sc12. The second kappa shape index (κ2) is 3.52. The molecule has 4 heteroatoms. The second-order valence-corrected chi connectivity index (χ2v) is 5.49. The topological polar surface area (TPSA) is 9.23 Å². The van der Waals surface area contributed by atoms with Crippen molar-refractivity contribution >= 4 is 50.0 Å². The van der Waals surface area contributed by atoms with Crippen LogP contribution in [0.2, 0.25) is 0 Å². The van der Waals surface area contributed by atoms with E-state index < -0.39 is 0 Å². The van der Waals surface area contributed by atoms with Crippen LogP contribution in [0.15, 0.2) is 26.9 Å². The van der Waals surface area contributed by atoms with Crippen LogP contribution in [0.5, 0.6) is 5.75 Å². The van der Waals surface area contributed by atoms with Gasteiger partial charge in [0.2, 0.25) is 0 Å². The van der Waals surface area contributed by atoms with Crippen LogP contribution in [0.1, 0.15) is 0 Å². The van der Waals surface area contributed by atoms with Crippen LogP contribution in [-0.2, 0) is 0 Å². The van der Waals surface area contributed by atoms with Crippen molar-refractivity contribution in [3.63, 3.8) is 0 Å². The molecule has 0 saturated carbocycles. The number of rotatable bonds is 1. The van der Waals surface area contributed by atoms with Crippen molar-refractivity contribution in [2.75, 3.05) is 7.11 Å². The largest absolute Gasteiger partial charge is 0.495 e. The standard InChI is InChI=1S/C9H7BrOS2/c1-11-6-2-3-7(12)5-4-8(10)13-9(5)6/h2-4,12H,1H3. The highest BCUT2D eigenvalue weighted by molar-refractivity contribution is 9.11. The number of halogens is 1. The molecule has 0 amide bonds. The van der Waals surface area contributed by atoms with Gasteiger partial charge in [0.05, 0.1) is 15.6 Å². The number of ether oxygens (including phenoxy) is 1. The Morgan fingerprint density at radius 2 is 2.23 bits per heavy atom. The van der Waals surface area contributed by atoms with E-state index in [0.29, 0.717) is 0 Å². The van der Waals surface area contributed by atoms with Crippen LogP contribution < -0.4 is 4.74 Å². The highest BCUT2D eigenvalue weighted by atomic mass is 79.9. The lowest BCUT2D eigenvalue weighted by atomic mass is 10.2. The van der Waals surface area contributed by atoms with E-state index in [9.17, 15) is 0 Å². The molecule has 0 N–H and O–H groups in total. The lowest BCUT2D eigenvalue weighted by molar-refractivity contribution is 0.420. The van der Waals surface area contributed by atoms with Gasteiger partial charge in [0.25, 0.3) is 0 Å². The smallest absolute Gasteiger partial charge is 0.136 e. The average molecular weight is 275 g/mol. The number of methoxy groups -OCH3 is 1. The number of hydrogen-bond acceptors (Lipinski definition) is 3. The third-order valence-corrected chi connectivity index (χ3v) is 3.86. The van der Waals surface area contributed by atoms with E-state index in [1.807, 2.05) is 12.1 Å². The second-order valence-electron chi connectivity index (χ2n) is 2.58. The molecule has 1 nitrogen and oxygen atoms in total. The molecule has 0 unspecified atom stereocenters. The molecule has 0 atom stereocenters. The number of thiophene rings is 1. The number of benzene rings is 1. The fraction of sp³-hybridized carbons (Fsp3) is 0.111. The third kappa shape index (κ3) is 1.58. The Hall–Kier alpha value is -0.190. The first-order valence-corrected chi connectivity index (χ1v) is 5.73. The van der Waals surface area contributed by atoms with Crippen LogP contribution in [0.3, 0.4) is 0 Å². The average Bonchev–Trinajstić information content (AvgIpc) is 2.48. The van der Waals surface area contributed by atoms with Gasteiger partial charge in [-0.25, -0.2) is 0 Å². The lowest BCUT2D eigenvalue weighted by Gasteiger charge is -2.01. The summed E-state index contributed by atoms with van der Waals surface area (Å²) in [6.07, 6.45) is 0. The van der Waals surface area contributed by atoms with Crippen molar-refractivity contribution in [3.05, 3.63) is 22.0 Å². The summed E-state index contributed by atoms with van der Waals surface area (Å²) in [4.78, 5) is 0.984. The van der Waals surface area contributed by atoms with Gasteiger partial charge in [-0.3, -0.25) is 0 Å². The van der Waals surface area contributed by atoms with Gasteiger partial charge >= 0.3 is 0 Å². The number of thiol groups is 1. The fourth-order valence-electron chi connectivity index (χ4n) is 1.22. The first-order valence-electron chi connectivity index (χ1n) is 3.67. The monoisotopic (exact) mass is 274 g/mol. The Morgan fingerprint density at radius 1 is 1.46 bits per heavy atom. The third-order valence-electron chi connectivity index (χ3n) is 1.81. The van der Waals surface area contributed by atoms with Crippen molar-refractivity contribution in [2.24, 2.45) is 0 Å². The molecule has 0 aliphatic rings. The van der Waals surface area contributed by atoms with Gasteiger partial charge in [-0.15, -0.1) is 24.0 Å². The summed E-state index contributed by atoms with van der Waals surface area (Å²) in [5.74, 6) is 0.906. The summed E-state index contributed by atoms with van der Waals surface area (Å²) in [6.45, 7) is 0. The Kier molecular flexibility index (Phi) is 2.53. The van der Waals surface area contributed by atoms with Gasteiger partial charge in [-0.05, 0) is 34.1 Å². The van der Waals surface area contributed by atoms with Gasteiger partial charge in [0, 0.05) is 10.3 Å². The summed E-state index contributed by atoms with van der Waals surface area (Å²) in [5.41, 5.74) is 0. The van der Waals surface area contributed by atoms with E-state index in [-0.39, 0.29) is 0 Å². The van der Waals surface area contributed by atoms with Crippen molar-refractivity contribution in [2.45, 2.75) is 4.90 Å². The van der Waals surface area contributed by atoms with Crippen molar-refractivity contribution in [3.8, 4) is 5.75 Å². The molecule has 0 fully saturated rings. The minimum Gasteiger partial charge on any atom is -0.495 e. The molecular weight excluding hydrogens is 268 g/mol. The molecule has 0 radical (unpaired) electrons. The zero-order valence-corrected chi connectivity index (χ0v) is 10.2. The van der Waals surface area contributed by atoms with Crippen LogP contribution in [0.4, 0.5) is 0 Å². The van der Waals surface area contributed by atoms with Gasteiger partial charge in [-0.2, -0.15) is 0 Å². The number of hydrogen-bond donors (Lipinski definition) is 1. The molecule has 0 bridgehead atoms. The molecule has 13 heavy (non-hydrogen) atoms. The van der Waals surface area contributed by atoms with E-state index in [4.69, 9.17) is 4.74 Å². The molecule has 1 heterocycles. The van der Waals surface area contributed by atoms with Gasteiger partial charge in [-0.1, -0.05) is 0 Å². The highest BCUT2D eigenvalue weighted by Crippen LogP contribution is 2.39. The van der Waals surface area contributed by atoms with Gasteiger partial charge in [0.15, 0.2) is 0 Å². The summed E-state index contributed by atoms with van der Waals surface area (Å²) in [7, 11) is 1.68. The number of fused-ring (bicyclic) bond motifs is 1. The predicted molar refractivity (Wildman–Crippen MR) is 63.3 cm³/mol. The van der Waals surface area contributed by atoms with Gasteiger partial charge < -0.3 is 4.74 Å². The fourth-order valence-corrected chi connectivity index (χ4v) is 3.16. The minimum atomic E-state index is 0.906. The van der Waals surface area contributed by atoms with Crippen LogP contribution in [-0.4, -0.2) is 7.11 Å². The molecule has 0 spiro atoms. The zero-order chi connectivity index (χ0) is 9.42. The lowest BCUT2D eigenvalue weighted by Crippen LogP contribution is -1.81. The Morgan fingerprint density at radius 3 is 2.92 bits per heavy atom. The van der Waals surface area contributed by atoms with Crippen molar-refractivity contribution < 1.29 is 4.74 Å². The Bertz CT molecular complexity index is 450. The van der Waals surface area contributed by atoms with E-state index in [0.717, 1.165) is 24.5 Å². The summed E-state index contributed by atoms with van der Waals surface area (Å²) in [6, 6.07) is 5.95.